The van der Waals surface area contributed by atoms with Crippen molar-refractivity contribution in [3.8, 4) is 5.75 Å². The van der Waals surface area contributed by atoms with Gasteiger partial charge in [0.25, 0.3) is 5.91 Å². The number of benzene rings is 4. The summed E-state index contributed by atoms with van der Waals surface area (Å²) in [5, 5.41) is 22.6. The molecule has 0 radical (unpaired) electrons. The number of Topliss-reactive ketones (excluding diaryl/α,β-unsaturated/α-hetero) is 1. The summed E-state index contributed by atoms with van der Waals surface area (Å²) in [6.45, 7) is 2.42. The van der Waals surface area contributed by atoms with Gasteiger partial charge in [-0.3, -0.25) is 9.59 Å². The lowest BCUT2D eigenvalue weighted by atomic mass is 10.1. The summed E-state index contributed by atoms with van der Waals surface area (Å²) in [6.07, 6.45) is 1.09. The van der Waals surface area contributed by atoms with Gasteiger partial charge in [0.2, 0.25) is 17.8 Å². The van der Waals surface area contributed by atoms with Crippen LogP contribution in [-0.2, 0) is 16.0 Å². The Morgan fingerprint density at radius 1 is 0.660 bits per heavy atom. The molecule has 12 nitrogen and oxygen atoms in total. The largest absolute Gasteiger partial charge is 0.508 e. The van der Waals surface area contributed by atoms with Gasteiger partial charge in [0.05, 0.1) is 19.8 Å². The Kier molecular flexibility index (Phi) is 13.5. The maximum atomic E-state index is 12.7. The molecule has 1 amide bonds. The molecule has 5 aromatic rings. The number of rotatable bonds is 19. The second kappa shape index (κ2) is 18.8. The quantitative estimate of drug-likeness (QED) is 0.0353. The van der Waals surface area contributed by atoms with E-state index in [1.54, 1.807) is 54.6 Å². The minimum absolute atomic E-state index is 0.109. The molecule has 1 heterocycles. The monoisotopic (exact) mass is 695 g/mol. The maximum Gasteiger partial charge on any atom is 0.251 e. The van der Waals surface area contributed by atoms with Crippen LogP contribution in [0.25, 0.3) is 0 Å². The van der Waals surface area contributed by atoms with Gasteiger partial charge in [-0.25, -0.2) is 0 Å². The third kappa shape index (κ3) is 11.5. The molecule has 5 rings (SSSR count). The standard InChI is InChI=1S/C37H38ClN7O5/c38-32-10-5-4-9-28(32)25-40-34(48)27-12-14-29(15-13-27)41-36-43-35(44-37(45-36)42-30-16-18-31(46)19-17-30)39-20-22-50-24-23-49-21-6-11-33(47)26-7-2-1-3-8-26/h1-5,7-10,12-19,46H,6,11,20-25H2,(H,40,48)(H3,39,41,42,43,44,45). The molecule has 0 saturated carbocycles. The van der Waals surface area contributed by atoms with E-state index in [1.165, 1.54) is 0 Å². The van der Waals surface area contributed by atoms with Crippen LogP contribution in [0.3, 0.4) is 0 Å². The van der Waals surface area contributed by atoms with Crippen LogP contribution >= 0.6 is 11.6 Å². The summed E-state index contributed by atoms with van der Waals surface area (Å²) >= 11 is 6.20. The highest BCUT2D eigenvalue weighted by molar-refractivity contribution is 6.31. The van der Waals surface area contributed by atoms with Crippen molar-refractivity contribution in [3.05, 3.63) is 125 Å². The Hall–Kier alpha value is -5.56. The first-order valence-corrected chi connectivity index (χ1v) is 16.5. The summed E-state index contributed by atoms with van der Waals surface area (Å²) < 4.78 is 11.3. The fourth-order valence-electron chi connectivity index (χ4n) is 4.65. The predicted molar refractivity (Wildman–Crippen MR) is 194 cm³/mol. The van der Waals surface area contributed by atoms with E-state index in [4.69, 9.17) is 21.1 Å². The number of phenolic OH excluding ortho intramolecular Hbond substituents is 1. The minimum Gasteiger partial charge on any atom is -0.508 e. The molecule has 0 unspecified atom stereocenters. The number of hydrogen-bond donors (Lipinski definition) is 5. The van der Waals surface area contributed by atoms with Gasteiger partial charge in [-0.1, -0.05) is 60.1 Å². The Morgan fingerprint density at radius 2 is 1.26 bits per heavy atom. The number of aromatic nitrogens is 3. The molecule has 50 heavy (non-hydrogen) atoms. The van der Waals surface area contributed by atoms with Crippen molar-refractivity contribution in [2.45, 2.75) is 19.4 Å². The van der Waals surface area contributed by atoms with Gasteiger partial charge in [0.15, 0.2) is 5.78 Å². The number of ether oxygens (including phenoxy) is 2. The molecule has 0 bridgehead atoms. The van der Waals surface area contributed by atoms with Crippen molar-refractivity contribution in [3.63, 3.8) is 0 Å². The molecule has 258 valence electrons. The van der Waals surface area contributed by atoms with Crippen molar-refractivity contribution in [2.24, 2.45) is 0 Å². The smallest absolute Gasteiger partial charge is 0.251 e. The molecular formula is C37H38ClN7O5. The van der Waals surface area contributed by atoms with E-state index in [0.29, 0.717) is 85.8 Å². The van der Waals surface area contributed by atoms with Crippen molar-refractivity contribution >= 4 is 52.5 Å². The van der Waals surface area contributed by atoms with E-state index in [2.05, 4.69) is 36.2 Å². The molecule has 1 aromatic heterocycles. The number of ketones is 1. The van der Waals surface area contributed by atoms with Gasteiger partial charge < -0.3 is 35.8 Å². The first-order valence-electron chi connectivity index (χ1n) is 16.1. The molecule has 0 atom stereocenters. The Morgan fingerprint density at radius 3 is 1.94 bits per heavy atom. The average molecular weight is 696 g/mol. The zero-order chi connectivity index (χ0) is 35.0. The average Bonchev–Trinajstić information content (AvgIpc) is 3.13. The Bertz CT molecular complexity index is 1830. The normalized spacial score (nSPS) is 10.7. The third-order valence-corrected chi connectivity index (χ3v) is 7.62. The molecule has 0 aliphatic rings. The van der Waals surface area contributed by atoms with Crippen molar-refractivity contribution in [2.75, 3.05) is 48.9 Å². The molecule has 0 fully saturated rings. The Labute approximate surface area is 295 Å². The topological polar surface area (TPSA) is 160 Å². The van der Waals surface area contributed by atoms with Crippen LogP contribution in [0.15, 0.2) is 103 Å². The lowest BCUT2D eigenvalue weighted by Gasteiger charge is -2.12. The van der Waals surface area contributed by atoms with E-state index in [9.17, 15) is 14.7 Å². The van der Waals surface area contributed by atoms with E-state index < -0.39 is 0 Å². The van der Waals surface area contributed by atoms with Gasteiger partial charge in [-0.15, -0.1) is 0 Å². The molecular weight excluding hydrogens is 658 g/mol. The van der Waals surface area contributed by atoms with Crippen LogP contribution in [0, 0.1) is 0 Å². The third-order valence-electron chi connectivity index (χ3n) is 7.25. The number of nitrogens with one attached hydrogen (secondary N) is 4. The van der Waals surface area contributed by atoms with Crippen LogP contribution in [0.5, 0.6) is 5.75 Å². The molecule has 4 aromatic carbocycles. The lowest BCUT2D eigenvalue weighted by Crippen LogP contribution is -2.22. The second-order valence-electron chi connectivity index (χ2n) is 11.0. The highest BCUT2D eigenvalue weighted by atomic mass is 35.5. The number of aromatic hydroxyl groups is 1. The molecule has 5 N–H and O–H groups in total. The molecule has 0 saturated heterocycles. The van der Waals surface area contributed by atoms with Gasteiger partial charge in [0.1, 0.15) is 5.75 Å². The van der Waals surface area contributed by atoms with Crippen LogP contribution < -0.4 is 21.3 Å². The van der Waals surface area contributed by atoms with Crippen LogP contribution in [0.4, 0.5) is 29.2 Å². The number of carbonyl (C=O) groups is 2. The summed E-state index contributed by atoms with van der Waals surface area (Å²) in [7, 11) is 0. The molecule has 0 aliphatic carbocycles. The highest BCUT2D eigenvalue weighted by Crippen LogP contribution is 2.21. The van der Waals surface area contributed by atoms with Gasteiger partial charge >= 0.3 is 0 Å². The van der Waals surface area contributed by atoms with Gasteiger partial charge in [-0.05, 0) is 66.6 Å². The fraction of sp³-hybridized carbons (Fsp3) is 0.216. The lowest BCUT2D eigenvalue weighted by molar-refractivity contribution is 0.0497. The zero-order valence-electron chi connectivity index (χ0n) is 27.3. The number of anilines is 5. The minimum atomic E-state index is -0.229. The SMILES string of the molecule is O=C(CCCOCCOCCNc1nc(Nc2ccc(O)cc2)nc(Nc2ccc(C(=O)NCc3ccccc3Cl)cc2)n1)c1ccccc1. The number of nitrogens with zero attached hydrogens (tertiary/aromatic N) is 3. The van der Waals surface area contributed by atoms with E-state index in [-0.39, 0.29) is 29.3 Å². The first kappa shape index (κ1) is 35.7. The first-order chi connectivity index (χ1) is 24.4. The Balaban J connectivity index is 1.09. The summed E-state index contributed by atoms with van der Waals surface area (Å²) in [6, 6.07) is 30.0. The van der Waals surface area contributed by atoms with E-state index in [1.807, 2.05) is 48.5 Å². The number of carbonyl (C=O) groups excluding carboxylic acids is 2. The van der Waals surface area contributed by atoms with E-state index >= 15 is 0 Å². The number of hydrogen-bond acceptors (Lipinski definition) is 11. The fourth-order valence-corrected chi connectivity index (χ4v) is 4.86. The second-order valence-corrected chi connectivity index (χ2v) is 11.4. The molecule has 0 spiro atoms. The predicted octanol–water partition coefficient (Wildman–Crippen LogP) is 6.76. The highest BCUT2D eigenvalue weighted by Gasteiger charge is 2.11. The number of phenols is 1. The maximum absolute atomic E-state index is 12.7. The number of amides is 1. The summed E-state index contributed by atoms with van der Waals surface area (Å²) in [5.74, 6) is 0.861. The summed E-state index contributed by atoms with van der Waals surface area (Å²) in [5.41, 5.74) is 3.37. The van der Waals surface area contributed by atoms with Crippen molar-refractivity contribution in [1.82, 2.24) is 20.3 Å². The van der Waals surface area contributed by atoms with Crippen LogP contribution in [-0.4, -0.2) is 64.7 Å². The van der Waals surface area contributed by atoms with Crippen LogP contribution in [0.1, 0.15) is 39.1 Å². The summed E-state index contributed by atoms with van der Waals surface area (Å²) in [4.78, 5) is 38.3. The van der Waals surface area contributed by atoms with Gasteiger partial charge in [-0.2, -0.15) is 15.0 Å². The van der Waals surface area contributed by atoms with Crippen molar-refractivity contribution < 1.29 is 24.2 Å². The number of halogens is 1. The van der Waals surface area contributed by atoms with Crippen LogP contribution in [0.2, 0.25) is 5.02 Å². The molecule has 0 aliphatic heterocycles. The zero-order valence-corrected chi connectivity index (χ0v) is 28.0. The molecule has 13 heteroatoms. The van der Waals surface area contributed by atoms with E-state index in [0.717, 1.165) is 5.56 Å². The van der Waals surface area contributed by atoms with Crippen molar-refractivity contribution in [1.29, 1.82) is 0 Å². The van der Waals surface area contributed by atoms with Gasteiger partial charge in [0, 0.05) is 53.6 Å².